The molecule has 1 aliphatic heterocycles. The Balaban J connectivity index is 2.23. The zero-order valence-electron chi connectivity index (χ0n) is 9.29. The zero-order valence-corrected chi connectivity index (χ0v) is 9.29. The molecule has 0 saturated carbocycles. The van der Waals surface area contributed by atoms with Gasteiger partial charge in [-0.1, -0.05) is 0 Å². The van der Waals surface area contributed by atoms with E-state index in [0.29, 0.717) is 5.92 Å². The maximum absolute atomic E-state index is 5.84. The van der Waals surface area contributed by atoms with Crippen LogP contribution in [0.1, 0.15) is 24.8 Å². The molecule has 3 heteroatoms. The number of nitrogens with one attached hydrogen (secondary N) is 1. The molecule has 0 amide bonds. The van der Waals surface area contributed by atoms with Gasteiger partial charge in [0.15, 0.2) is 0 Å². The van der Waals surface area contributed by atoms with Gasteiger partial charge < -0.3 is 15.8 Å². The summed E-state index contributed by atoms with van der Waals surface area (Å²) in [6.07, 6.45) is 1.02. The van der Waals surface area contributed by atoms with Crippen molar-refractivity contribution in [2.24, 2.45) is 5.73 Å². The molecule has 0 bridgehead atoms. The van der Waals surface area contributed by atoms with Crippen LogP contribution in [0.2, 0.25) is 0 Å². The lowest BCUT2D eigenvalue weighted by Crippen LogP contribution is -2.19. The predicted molar refractivity (Wildman–Crippen MR) is 62.5 cm³/mol. The van der Waals surface area contributed by atoms with Crippen molar-refractivity contribution in [3.8, 4) is 5.75 Å². The van der Waals surface area contributed by atoms with Crippen LogP contribution in [0.25, 0.3) is 0 Å². The molecule has 0 aromatic heterocycles. The van der Waals surface area contributed by atoms with Crippen molar-refractivity contribution >= 4 is 5.69 Å². The second kappa shape index (κ2) is 4.11. The number of methoxy groups -OCH3 is 1. The van der Waals surface area contributed by atoms with Crippen molar-refractivity contribution in [3.63, 3.8) is 0 Å². The highest BCUT2D eigenvalue weighted by Crippen LogP contribution is 2.36. The molecule has 0 spiro atoms. The summed E-state index contributed by atoms with van der Waals surface area (Å²) in [5.41, 5.74) is 8.40. The van der Waals surface area contributed by atoms with Gasteiger partial charge >= 0.3 is 0 Å². The van der Waals surface area contributed by atoms with Crippen molar-refractivity contribution < 1.29 is 4.74 Å². The standard InChI is InChI=1S/C12H18N2O/c1-8(13)5-9-7-14-12-4-3-10(15-2)6-11(9)12/h3-4,6,8-9,14H,5,7,13H2,1-2H3. The van der Waals surface area contributed by atoms with Crippen molar-refractivity contribution in [2.75, 3.05) is 19.0 Å². The van der Waals surface area contributed by atoms with Gasteiger partial charge in [0.1, 0.15) is 5.75 Å². The normalized spacial score (nSPS) is 20.6. The van der Waals surface area contributed by atoms with Gasteiger partial charge in [-0.3, -0.25) is 0 Å². The highest BCUT2D eigenvalue weighted by atomic mass is 16.5. The molecular weight excluding hydrogens is 188 g/mol. The first-order chi connectivity index (χ1) is 7.20. The van der Waals surface area contributed by atoms with Gasteiger partial charge in [0, 0.05) is 24.2 Å². The Labute approximate surface area is 90.6 Å². The average molecular weight is 206 g/mol. The molecule has 1 aromatic rings. The van der Waals surface area contributed by atoms with Crippen molar-refractivity contribution in [2.45, 2.75) is 25.3 Å². The fourth-order valence-electron chi connectivity index (χ4n) is 2.17. The number of hydrogen-bond acceptors (Lipinski definition) is 3. The van der Waals surface area contributed by atoms with E-state index >= 15 is 0 Å². The molecule has 2 unspecified atom stereocenters. The van der Waals surface area contributed by atoms with Crippen LogP contribution in [-0.4, -0.2) is 19.7 Å². The van der Waals surface area contributed by atoms with Gasteiger partial charge in [-0.25, -0.2) is 0 Å². The van der Waals surface area contributed by atoms with Crippen LogP contribution in [0, 0.1) is 0 Å². The molecule has 15 heavy (non-hydrogen) atoms. The topological polar surface area (TPSA) is 47.3 Å². The van der Waals surface area contributed by atoms with Gasteiger partial charge in [0.2, 0.25) is 0 Å². The van der Waals surface area contributed by atoms with Crippen LogP contribution in [0.4, 0.5) is 5.69 Å². The smallest absolute Gasteiger partial charge is 0.119 e. The Morgan fingerprint density at radius 2 is 2.40 bits per heavy atom. The minimum atomic E-state index is 0.244. The molecule has 0 radical (unpaired) electrons. The molecule has 3 N–H and O–H groups in total. The van der Waals surface area contributed by atoms with E-state index < -0.39 is 0 Å². The number of anilines is 1. The quantitative estimate of drug-likeness (QED) is 0.794. The zero-order chi connectivity index (χ0) is 10.8. The molecule has 82 valence electrons. The fourth-order valence-corrected chi connectivity index (χ4v) is 2.17. The molecule has 3 nitrogen and oxygen atoms in total. The monoisotopic (exact) mass is 206 g/mol. The summed E-state index contributed by atoms with van der Waals surface area (Å²) in [5.74, 6) is 1.45. The summed E-state index contributed by atoms with van der Waals surface area (Å²) >= 11 is 0. The summed E-state index contributed by atoms with van der Waals surface area (Å²) in [5, 5.41) is 3.40. The van der Waals surface area contributed by atoms with Gasteiger partial charge in [0.05, 0.1) is 7.11 Å². The molecule has 1 aromatic carbocycles. The third-order valence-electron chi connectivity index (χ3n) is 2.89. The SMILES string of the molecule is COc1ccc2c(c1)C(CC(C)N)CN2. The number of fused-ring (bicyclic) bond motifs is 1. The summed E-state index contributed by atoms with van der Waals surface area (Å²) < 4.78 is 5.23. The predicted octanol–water partition coefficient (Wildman–Crippen LogP) is 1.94. The van der Waals surface area contributed by atoms with E-state index in [1.165, 1.54) is 11.3 Å². The average Bonchev–Trinajstić information content (AvgIpc) is 2.60. The lowest BCUT2D eigenvalue weighted by Gasteiger charge is -2.13. The van der Waals surface area contributed by atoms with E-state index in [4.69, 9.17) is 10.5 Å². The van der Waals surface area contributed by atoms with E-state index in [0.717, 1.165) is 18.7 Å². The molecule has 1 heterocycles. The summed E-state index contributed by atoms with van der Waals surface area (Å²) in [6, 6.07) is 6.42. The summed E-state index contributed by atoms with van der Waals surface area (Å²) in [7, 11) is 1.70. The minimum absolute atomic E-state index is 0.244. The van der Waals surface area contributed by atoms with E-state index in [2.05, 4.69) is 24.4 Å². The van der Waals surface area contributed by atoms with Crippen LogP contribution in [-0.2, 0) is 0 Å². The molecule has 0 aliphatic carbocycles. The van der Waals surface area contributed by atoms with E-state index in [9.17, 15) is 0 Å². The number of hydrogen-bond donors (Lipinski definition) is 2. The van der Waals surface area contributed by atoms with Gasteiger partial charge in [-0.05, 0) is 37.1 Å². The Bertz CT molecular complexity index is 349. The molecule has 2 atom stereocenters. The van der Waals surface area contributed by atoms with Crippen molar-refractivity contribution in [1.82, 2.24) is 0 Å². The number of rotatable bonds is 3. The first kappa shape index (κ1) is 10.3. The lowest BCUT2D eigenvalue weighted by molar-refractivity contribution is 0.414. The second-order valence-corrected chi connectivity index (χ2v) is 4.24. The van der Waals surface area contributed by atoms with Crippen LogP contribution >= 0.6 is 0 Å². The third-order valence-corrected chi connectivity index (χ3v) is 2.89. The Hall–Kier alpha value is -1.22. The van der Waals surface area contributed by atoms with Crippen molar-refractivity contribution in [3.05, 3.63) is 23.8 Å². The maximum atomic E-state index is 5.84. The third kappa shape index (κ3) is 2.07. The maximum Gasteiger partial charge on any atom is 0.119 e. The largest absolute Gasteiger partial charge is 0.497 e. The highest BCUT2D eigenvalue weighted by Gasteiger charge is 2.23. The number of benzene rings is 1. The first-order valence-corrected chi connectivity index (χ1v) is 5.38. The molecule has 0 fully saturated rings. The molecular formula is C12H18N2O. The number of ether oxygens (including phenoxy) is 1. The van der Waals surface area contributed by atoms with Crippen LogP contribution in [0.5, 0.6) is 5.75 Å². The Kier molecular flexibility index (Phi) is 2.82. The lowest BCUT2D eigenvalue weighted by atomic mass is 9.95. The van der Waals surface area contributed by atoms with Crippen molar-refractivity contribution in [1.29, 1.82) is 0 Å². The van der Waals surface area contributed by atoms with Crippen LogP contribution < -0.4 is 15.8 Å². The Morgan fingerprint density at radius 3 is 3.07 bits per heavy atom. The highest BCUT2D eigenvalue weighted by molar-refractivity contribution is 5.60. The summed E-state index contributed by atoms with van der Waals surface area (Å²) in [4.78, 5) is 0. The molecule has 0 saturated heterocycles. The minimum Gasteiger partial charge on any atom is -0.497 e. The van der Waals surface area contributed by atoms with Gasteiger partial charge in [-0.2, -0.15) is 0 Å². The van der Waals surface area contributed by atoms with E-state index in [1.54, 1.807) is 7.11 Å². The second-order valence-electron chi connectivity index (χ2n) is 4.24. The molecule has 2 rings (SSSR count). The van der Waals surface area contributed by atoms with E-state index in [1.807, 2.05) is 6.07 Å². The van der Waals surface area contributed by atoms with Gasteiger partial charge in [0.25, 0.3) is 0 Å². The van der Waals surface area contributed by atoms with Crippen LogP contribution in [0.15, 0.2) is 18.2 Å². The number of nitrogens with two attached hydrogens (primary N) is 1. The van der Waals surface area contributed by atoms with E-state index in [-0.39, 0.29) is 6.04 Å². The summed E-state index contributed by atoms with van der Waals surface area (Å²) in [6.45, 7) is 3.04. The Morgan fingerprint density at radius 1 is 1.60 bits per heavy atom. The fraction of sp³-hybridized carbons (Fsp3) is 0.500. The first-order valence-electron chi connectivity index (χ1n) is 5.38. The van der Waals surface area contributed by atoms with Crippen LogP contribution in [0.3, 0.4) is 0 Å². The molecule has 1 aliphatic rings. The van der Waals surface area contributed by atoms with Gasteiger partial charge in [-0.15, -0.1) is 0 Å².